The SMILES string of the molecule is CC.[B]C1(c2ccnc(C)c2)CCCC1. The highest BCUT2D eigenvalue weighted by Gasteiger charge is 2.29. The fourth-order valence-electron chi connectivity index (χ4n) is 2.15. The summed E-state index contributed by atoms with van der Waals surface area (Å²) >= 11 is 0. The minimum Gasteiger partial charge on any atom is -0.262 e. The average molecular weight is 201 g/mol. The van der Waals surface area contributed by atoms with Gasteiger partial charge in [-0.2, -0.15) is 0 Å². The second-order valence-corrected chi connectivity index (χ2v) is 4.05. The van der Waals surface area contributed by atoms with Gasteiger partial charge in [-0.25, -0.2) is 0 Å². The Bertz CT molecular complexity index is 303. The first kappa shape index (κ1) is 12.3. The van der Waals surface area contributed by atoms with Crippen molar-refractivity contribution in [3.8, 4) is 0 Å². The summed E-state index contributed by atoms with van der Waals surface area (Å²) in [7, 11) is 6.32. The first-order valence-corrected chi connectivity index (χ1v) is 5.93. The topological polar surface area (TPSA) is 12.9 Å². The van der Waals surface area contributed by atoms with Gasteiger partial charge in [0.2, 0.25) is 0 Å². The lowest BCUT2D eigenvalue weighted by atomic mass is 9.63. The van der Waals surface area contributed by atoms with Crippen molar-refractivity contribution in [1.82, 2.24) is 4.98 Å². The summed E-state index contributed by atoms with van der Waals surface area (Å²) < 4.78 is 0. The molecular weight excluding hydrogens is 181 g/mol. The normalized spacial score (nSPS) is 18.1. The molecule has 1 fully saturated rings. The van der Waals surface area contributed by atoms with Gasteiger partial charge in [-0.3, -0.25) is 4.98 Å². The molecule has 2 heteroatoms. The molecule has 0 amide bonds. The van der Waals surface area contributed by atoms with Crippen LogP contribution in [0.15, 0.2) is 18.3 Å². The second-order valence-electron chi connectivity index (χ2n) is 4.05. The summed E-state index contributed by atoms with van der Waals surface area (Å²) in [6.45, 7) is 6.02. The zero-order valence-corrected chi connectivity index (χ0v) is 10.1. The molecule has 0 N–H and O–H groups in total. The standard InChI is InChI=1S/C11H14BN.C2H6/c1-9-8-10(4-7-13-9)11(12)5-2-3-6-11;1-2/h4,7-8H,2-3,5-6H2,1H3;1-2H3. The summed E-state index contributed by atoms with van der Waals surface area (Å²) in [5.41, 5.74) is 2.33. The van der Waals surface area contributed by atoms with Gasteiger partial charge in [-0.15, -0.1) is 0 Å². The van der Waals surface area contributed by atoms with E-state index in [2.05, 4.69) is 17.1 Å². The Kier molecular flexibility index (Phi) is 4.37. The van der Waals surface area contributed by atoms with E-state index in [1.807, 2.05) is 27.0 Å². The van der Waals surface area contributed by atoms with E-state index in [0.29, 0.717) is 0 Å². The molecule has 2 rings (SSSR count). The maximum atomic E-state index is 6.32. The van der Waals surface area contributed by atoms with Gasteiger partial charge < -0.3 is 0 Å². The number of pyridine rings is 1. The summed E-state index contributed by atoms with van der Waals surface area (Å²) in [5, 5.41) is -0.0618. The number of aryl methyl sites for hydroxylation is 1. The number of aromatic nitrogens is 1. The van der Waals surface area contributed by atoms with Crippen molar-refractivity contribution in [2.45, 2.75) is 51.8 Å². The summed E-state index contributed by atoms with van der Waals surface area (Å²) in [5.74, 6) is 0. The molecule has 0 bridgehead atoms. The van der Waals surface area contributed by atoms with Crippen molar-refractivity contribution in [3.05, 3.63) is 29.6 Å². The van der Waals surface area contributed by atoms with Crippen molar-refractivity contribution in [2.24, 2.45) is 0 Å². The lowest BCUT2D eigenvalue weighted by Gasteiger charge is -2.24. The molecule has 1 aromatic heterocycles. The van der Waals surface area contributed by atoms with Crippen LogP contribution in [0.2, 0.25) is 0 Å². The van der Waals surface area contributed by atoms with Crippen LogP contribution in [0.5, 0.6) is 0 Å². The van der Waals surface area contributed by atoms with Crippen LogP contribution < -0.4 is 0 Å². The number of nitrogens with zero attached hydrogens (tertiary/aromatic N) is 1. The summed E-state index contributed by atoms with van der Waals surface area (Å²) in [6.07, 6.45) is 6.63. The Morgan fingerprint density at radius 2 is 1.87 bits per heavy atom. The maximum absolute atomic E-state index is 6.32. The van der Waals surface area contributed by atoms with Crippen molar-refractivity contribution in [3.63, 3.8) is 0 Å². The highest BCUT2D eigenvalue weighted by Crippen LogP contribution is 2.37. The van der Waals surface area contributed by atoms with Gasteiger partial charge in [0.15, 0.2) is 0 Å². The Balaban J connectivity index is 0.000000531. The predicted octanol–water partition coefficient (Wildman–Crippen LogP) is 3.35. The minimum atomic E-state index is -0.0618. The molecule has 0 aliphatic heterocycles. The number of hydrogen-bond donors (Lipinski definition) is 0. The van der Waals surface area contributed by atoms with Crippen molar-refractivity contribution < 1.29 is 0 Å². The number of rotatable bonds is 1. The summed E-state index contributed by atoms with van der Waals surface area (Å²) in [4.78, 5) is 4.19. The molecule has 0 atom stereocenters. The molecule has 2 radical (unpaired) electrons. The number of hydrogen-bond acceptors (Lipinski definition) is 1. The van der Waals surface area contributed by atoms with Crippen LogP contribution in [0, 0.1) is 6.92 Å². The van der Waals surface area contributed by atoms with Gasteiger partial charge in [0.1, 0.15) is 0 Å². The molecule has 15 heavy (non-hydrogen) atoms. The van der Waals surface area contributed by atoms with Gasteiger partial charge >= 0.3 is 0 Å². The van der Waals surface area contributed by atoms with E-state index in [4.69, 9.17) is 7.85 Å². The van der Waals surface area contributed by atoms with E-state index >= 15 is 0 Å². The lowest BCUT2D eigenvalue weighted by Crippen LogP contribution is -2.22. The molecule has 0 spiro atoms. The van der Waals surface area contributed by atoms with Crippen LogP contribution in [0.1, 0.15) is 50.8 Å². The Morgan fingerprint density at radius 3 is 2.40 bits per heavy atom. The van der Waals surface area contributed by atoms with Gasteiger partial charge in [0, 0.05) is 11.9 Å². The van der Waals surface area contributed by atoms with Crippen molar-refractivity contribution in [2.75, 3.05) is 0 Å². The molecule has 1 aromatic rings. The van der Waals surface area contributed by atoms with Crippen LogP contribution in [0.4, 0.5) is 0 Å². The van der Waals surface area contributed by atoms with E-state index in [-0.39, 0.29) is 5.31 Å². The molecular formula is C13H20BN. The highest BCUT2D eigenvalue weighted by atomic mass is 14.6. The second kappa shape index (κ2) is 5.34. The van der Waals surface area contributed by atoms with Gasteiger partial charge in [0.25, 0.3) is 0 Å². The molecule has 1 aliphatic carbocycles. The molecule has 1 saturated carbocycles. The first-order chi connectivity index (χ1) is 7.21. The zero-order chi connectivity index (χ0) is 11.3. The third kappa shape index (κ3) is 2.83. The molecule has 1 nitrogen and oxygen atoms in total. The first-order valence-electron chi connectivity index (χ1n) is 5.93. The molecule has 1 heterocycles. The molecule has 0 aromatic carbocycles. The van der Waals surface area contributed by atoms with E-state index in [9.17, 15) is 0 Å². The Hall–Kier alpha value is -0.785. The fraction of sp³-hybridized carbons (Fsp3) is 0.615. The fourth-order valence-corrected chi connectivity index (χ4v) is 2.15. The maximum Gasteiger partial charge on any atom is 0.0810 e. The smallest absolute Gasteiger partial charge is 0.0810 e. The van der Waals surface area contributed by atoms with Crippen molar-refractivity contribution in [1.29, 1.82) is 0 Å². The molecule has 1 aliphatic rings. The Labute approximate surface area is 94.7 Å². The predicted molar refractivity (Wildman–Crippen MR) is 66.2 cm³/mol. The largest absolute Gasteiger partial charge is 0.262 e. The van der Waals surface area contributed by atoms with Gasteiger partial charge in [-0.1, -0.05) is 39.5 Å². The van der Waals surface area contributed by atoms with Crippen LogP contribution in [0.3, 0.4) is 0 Å². The van der Waals surface area contributed by atoms with E-state index in [0.717, 1.165) is 18.5 Å². The monoisotopic (exact) mass is 201 g/mol. The van der Waals surface area contributed by atoms with Crippen molar-refractivity contribution >= 4 is 7.85 Å². The molecule has 0 saturated heterocycles. The quantitative estimate of drug-likeness (QED) is 0.635. The van der Waals surface area contributed by atoms with Crippen LogP contribution in [0.25, 0.3) is 0 Å². The molecule has 80 valence electrons. The minimum absolute atomic E-state index is 0.0618. The van der Waals surface area contributed by atoms with E-state index in [1.54, 1.807) is 0 Å². The lowest BCUT2D eigenvalue weighted by molar-refractivity contribution is 0.633. The van der Waals surface area contributed by atoms with Crippen LogP contribution >= 0.6 is 0 Å². The average Bonchev–Trinajstić information content (AvgIpc) is 2.70. The van der Waals surface area contributed by atoms with E-state index < -0.39 is 0 Å². The van der Waals surface area contributed by atoms with Gasteiger partial charge in [-0.05, 0) is 29.9 Å². The van der Waals surface area contributed by atoms with Gasteiger partial charge in [0.05, 0.1) is 7.85 Å². The zero-order valence-electron chi connectivity index (χ0n) is 10.1. The summed E-state index contributed by atoms with van der Waals surface area (Å²) in [6, 6.07) is 4.17. The van der Waals surface area contributed by atoms with Crippen LogP contribution in [-0.4, -0.2) is 12.8 Å². The molecule has 0 unspecified atom stereocenters. The van der Waals surface area contributed by atoms with Crippen LogP contribution in [-0.2, 0) is 5.31 Å². The Morgan fingerprint density at radius 1 is 1.27 bits per heavy atom. The van der Waals surface area contributed by atoms with E-state index in [1.165, 1.54) is 18.4 Å². The third-order valence-corrected chi connectivity index (χ3v) is 2.97. The highest BCUT2D eigenvalue weighted by molar-refractivity contribution is 6.16. The third-order valence-electron chi connectivity index (χ3n) is 2.97.